The molecule has 1 aromatic carbocycles. The lowest BCUT2D eigenvalue weighted by Gasteiger charge is -2.19. The summed E-state index contributed by atoms with van der Waals surface area (Å²) in [5.41, 5.74) is 0.336. The normalized spacial score (nSPS) is 11.7. The summed E-state index contributed by atoms with van der Waals surface area (Å²) in [6, 6.07) is 4.07. The van der Waals surface area contributed by atoms with Crippen molar-refractivity contribution >= 4 is 31.9 Å². The molecule has 0 unspecified atom stereocenters. The lowest BCUT2D eigenvalue weighted by molar-refractivity contribution is 0.0279. The fourth-order valence-electron chi connectivity index (χ4n) is 1.51. The van der Waals surface area contributed by atoms with E-state index in [0.29, 0.717) is 0 Å². The van der Waals surface area contributed by atoms with Crippen molar-refractivity contribution in [3.8, 4) is 5.75 Å². The Bertz CT molecular complexity index is 393. The SMILES string of the molecule is CCCNCc1cc(Br)c(OCC(C)(C)O)c(Br)c1. The Labute approximate surface area is 132 Å². The number of nitrogens with one attached hydrogen (secondary N) is 1. The van der Waals surface area contributed by atoms with Crippen LogP contribution in [0.25, 0.3) is 0 Å². The number of ether oxygens (including phenoxy) is 1. The van der Waals surface area contributed by atoms with Crippen LogP contribution in [-0.4, -0.2) is 23.9 Å². The van der Waals surface area contributed by atoms with E-state index >= 15 is 0 Å². The van der Waals surface area contributed by atoms with Crippen molar-refractivity contribution in [3.05, 3.63) is 26.6 Å². The molecule has 0 heterocycles. The Kier molecular flexibility index (Phi) is 6.80. The molecule has 0 atom stereocenters. The molecule has 0 aliphatic carbocycles. The van der Waals surface area contributed by atoms with Crippen molar-refractivity contribution in [2.75, 3.05) is 13.2 Å². The van der Waals surface area contributed by atoms with Crippen LogP contribution in [0, 0.1) is 0 Å². The fourth-order valence-corrected chi connectivity index (χ4v) is 3.02. The van der Waals surface area contributed by atoms with Crippen LogP contribution in [-0.2, 0) is 6.54 Å². The molecule has 19 heavy (non-hydrogen) atoms. The minimum Gasteiger partial charge on any atom is -0.488 e. The van der Waals surface area contributed by atoms with E-state index in [4.69, 9.17) is 4.74 Å². The number of aliphatic hydroxyl groups is 1. The van der Waals surface area contributed by atoms with E-state index < -0.39 is 5.60 Å². The van der Waals surface area contributed by atoms with Crippen molar-refractivity contribution in [2.24, 2.45) is 0 Å². The smallest absolute Gasteiger partial charge is 0.147 e. The van der Waals surface area contributed by atoms with E-state index in [-0.39, 0.29) is 6.61 Å². The molecule has 0 saturated carbocycles. The molecular formula is C14H21Br2NO2. The average molecular weight is 395 g/mol. The maximum atomic E-state index is 9.69. The van der Waals surface area contributed by atoms with E-state index in [1.165, 1.54) is 5.56 Å². The highest BCUT2D eigenvalue weighted by atomic mass is 79.9. The molecule has 3 nitrogen and oxygen atoms in total. The van der Waals surface area contributed by atoms with Gasteiger partial charge in [-0.3, -0.25) is 0 Å². The van der Waals surface area contributed by atoms with Gasteiger partial charge in [0.05, 0.1) is 14.5 Å². The van der Waals surface area contributed by atoms with Gasteiger partial charge < -0.3 is 15.2 Å². The minimum atomic E-state index is -0.847. The van der Waals surface area contributed by atoms with Gasteiger partial charge in [-0.2, -0.15) is 0 Å². The van der Waals surface area contributed by atoms with Gasteiger partial charge in [-0.1, -0.05) is 6.92 Å². The first kappa shape index (κ1) is 17.0. The average Bonchev–Trinajstić information content (AvgIpc) is 2.26. The van der Waals surface area contributed by atoms with E-state index in [1.54, 1.807) is 13.8 Å². The second-order valence-corrected chi connectivity index (χ2v) is 6.88. The van der Waals surface area contributed by atoms with E-state index in [1.807, 2.05) is 12.1 Å². The van der Waals surface area contributed by atoms with Gasteiger partial charge in [0.15, 0.2) is 0 Å². The van der Waals surface area contributed by atoms with Crippen molar-refractivity contribution < 1.29 is 9.84 Å². The second kappa shape index (κ2) is 7.62. The zero-order valence-electron chi connectivity index (χ0n) is 11.6. The quantitative estimate of drug-likeness (QED) is 0.690. The van der Waals surface area contributed by atoms with Crippen molar-refractivity contribution in [1.82, 2.24) is 5.32 Å². The van der Waals surface area contributed by atoms with Crippen molar-refractivity contribution in [2.45, 2.75) is 39.3 Å². The largest absolute Gasteiger partial charge is 0.488 e. The monoisotopic (exact) mass is 393 g/mol. The lowest BCUT2D eigenvalue weighted by atomic mass is 10.1. The van der Waals surface area contributed by atoms with Crippen molar-refractivity contribution in [1.29, 1.82) is 0 Å². The molecule has 1 aromatic rings. The van der Waals surface area contributed by atoms with Gasteiger partial charge in [0.25, 0.3) is 0 Å². The van der Waals surface area contributed by atoms with Crippen LogP contribution in [0.15, 0.2) is 21.1 Å². The number of hydrogen-bond acceptors (Lipinski definition) is 3. The number of rotatable bonds is 7. The predicted molar refractivity (Wildman–Crippen MR) is 85.6 cm³/mol. The van der Waals surface area contributed by atoms with Crippen LogP contribution in [0.3, 0.4) is 0 Å². The summed E-state index contributed by atoms with van der Waals surface area (Å²) < 4.78 is 7.43. The predicted octanol–water partition coefficient (Wildman–Crippen LogP) is 3.86. The van der Waals surface area contributed by atoms with Gasteiger partial charge in [-0.15, -0.1) is 0 Å². The van der Waals surface area contributed by atoms with Gasteiger partial charge in [-0.05, 0) is 76.4 Å². The Balaban J connectivity index is 2.74. The van der Waals surface area contributed by atoms with Gasteiger partial charge in [0.2, 0.25) is 0 Å². The first-order valence-corrected chi connectivity index (χ1v) is 7.96. The Morgan fingerprint density at radius 1 is 1.26 bits per heavy atom. The van der Waals surface area contributed by atoms with Crippen LogP contribution in [0.5, 0.6) is 5.75 Å². The molecule has 0 fully saturated rings. The topological polar surface area (TPSA) is 41.5 Å². The maximum absolute atomic E-state index is 9.69. The molecule has 0 radical (unpaired) electrons. The highest BCUT2D eigenvalue weighted by Gasteiger charge is 2.16. The zero-order chi connectivity index (χ0) is 14.5. The zero-order valence-corrected chi connectivity index (χ0v) is 14.8. The highest BCUT2D eigenvalue weighted by molar-refractivity contribution is 9.11. The Morgan fingerprint density at radius 3 is 2.32 bits per heavy atom. The standard InChI is InChI=1S/C14H21Br2NO2/c1-4-5-17-8-10-6-11(15)13(12(16)7-10)19-9-14(2,3)18/h6-7,17-18H,4-5,8-9H2,1-3H3. The van der Waals surface area contributed by atoms with Gasteiger partial charge in [-0.25, -0.2) is 0 Å². The second-order valence-electron chi connectivity index (χ2n) is 5.17. The number of hydrogen-bond donors (Lipinski definition) is 2. The molecule has 0 saturated heterocycles. The summed E-state index contributed by atoms with van der Waals surface area (Å²) >= 11 is 7.02. The molecule has 0 aromatic heterocycles. The molecule has 2 N–H and O–H groups in total. The van der Waals surface area contributed by atoms with Gasteiger partial charge >= 0.3 is 0 Å². The van der Waals surface area contributed by atoms with Crippen LogP contribution >= 0.6 is 31.9 Å². The molecule has 1 rings (SSSR count). The summed E-state index contributed by atoms with van der Waals surface area (Å²) in [6.07, 6.45) is 1.12. The van der Waals surface area contributed by atoms with E-state index in [0.717, 1.165) is 34.2 Å². The fraction of sp³-hybridized carbons (Fsp3) is 0.571. The molecule has 0 spiro atoms. The minimum absolute atomic E-state index is 0.248. The van der Waals surface area contributed by atoms with Gasteiger partial charge in [0.1, 0.15) is 12.4 Å². The third-order valence-corrected chi connectivity index (χ3v) is 3.56. The van der Waals surface area contributed by atoms with Crippen molar-refractivity contribution in [3.63, 3.8) is 0 Å². The number of benzene rings is 1. The molecular weight excluding hydrogens is 374 g/mol. The van der Waals surface area contributed by atoms with Crippen LogP contribution < -0.4 is 10.1 Å². The molecule has 0 bridgehead atoms. The summed E-state index contributed by atoms with van der Waals surface area (Å²) in [5, 5.41) is 13.1. The third-order valence-electron chi connectivity index (χ3n) is 2.38. The Morgan fingerprint density at radius 2 is 1.84 bits per heavy atom. The van der Waals surface area contributed by atoms with E-state index in [2.05, 4.69) is 44.1 Å². The molecule has 108 valence electrons. The van der Waals surface area contributed by atoms with E-state index in [9.17, 15) is 5.11 Å². The van der Waals surface area contributed by atoms with Gasteiger partial charge in [0, 0.05) is 6.54 Å². The van der Waals surface area contributed by atoms with Crippen LogP contribution in [0.4, 0.5) is 0 Å². The molecule has 0 aliphatic rings. The molecule has 5 heteroatoms. The summed E-state index contributed by atoms with van der Waals surface area (Å²) in [7, 11) is 0. The van der Waals surface area contributed by atoms with Crippen LogP contribution in [0.2, 0.25) is 0 Å². The van der Waals surface area contributed by atoms with Crippen LogP contribution in [0.1, 0.15) is 32.8 Å². The Hall–Kier alpha value is -0.100. The summed E-state index contributed by atoms with van der Waals surface area (Å²) in [4.78, 5) is 0. The summed E-state index contributed by atoms with van der Waals surface area (Å²) in [6.45, 7) is 7.67. The highest BCUT2D eigenvalue weighted by Crippen LogP contribution is 2.35. The summed E-state index contributed by atoms with van der Waals surface area (Å²) in [5.74, 6) is 0.723. The molecule has 0 amide bonds. The first-order valence-electron chi connectivity index (χ1n) is 6.37. The lowest BCUT2D eigenvalue weighted by Crippen LogP contribution is -2.28. The number of halogens is 2. The first-order chi connectivity index (χ1) is 8.83. The third kappa shape index (κ3) is 6.25. The molecule has 0 aliphatic heterocycles. The maximum Gasteiger partial charge on any atom is 0.147 e.